The number of nitrogens with zero attached hydrogens (tertiary/aromatic N) is 4. The van der Waals surface area contributed by atoms with Crippen molar-refractivity contribution in [3.63, 3.8) is 0 Å². The Morgan fingerprint density at radius 1 is 1.08 bits per heavy atom. The van der Waals surface area contributed by atoms with Gasteiger partial charge in [0.15, 0.2) is 5.69 Å². The minimum absolute atomic E-state index is 0.261. The minimum atomic E-state index is -0.935. The SMILES string of the molecule is CC(C)C1=NN=C(c2cc(C(C)C)n(-c3ccc([NH+]([O-])O)cc3)n2)C1. The van der Waals surface area contributed by atoms with Crippen molar-refractivity contribution in [2.75, 3.05) is 0 Å². The van der Waals surface area contributed by atoms with Gasteiger partial charge in [0.05, 0.1) is 11.4 Å². The molecular formula is C18H23N5O2. The lowest BCUT2D eigenvalue weighted by Crippen LogP contribution is -2.99. The van der Waals surface area contributed by atoms with Crippen LogP contribution in [0.1, 0.15) is 51.4 Å². The quantitative estimate of drug-likeness (QED) is 0.819. The van der Waals surface area contributed by atoms with Crippen LogP contribution in [0.15, 0.2) is 40.5 Å². The van der Waals surface area contributed by atoms with Crippen LogP contribution in [-0.2, 0) is 0 Å². The minimum Gasteiger partial charge on any atom is -0.595 e. The maximum atomic E-state index is 11.0. The van der Waals surface area contributed by atoms with Gasteiger partial charge in [-0.05, 0) is 30.0 Å². The zero-order valence-electron chi connectivity index (χ0n) is 14.9. The number of quaternary nitrogens is 1. The highest BCUT2D eigenvalue weighted by Crippen LogP contribution is 2.23. The van der Waals surface area contributed by atoms with E-state index >= 15 is 0 Å². The van der Waals surface area contributed by atoms with E-state index in [1.807, 2.05) is 10.7 Å². The molecule has 0 saturated carbocycles. The van der Waals surface area contributed by atoms with Crippen molar-refractivity contribution in [2.45, 2.75) is 40.0 Å². The molecule has 0 radical (unpaired) electrons. The summed E-state index contributed by atoms with van der Waals surface area (Å²) in [5.74, 6) is 0.643. The molecule has 1 aliphatic rings. The first-order valence-corrected chi connectivity index (χ1v) is 8.44. The Bertz CT molecular complexity index is 816. The average molecular weight is 341 g/mol. The van der Waals surface area contributed by atoms with Gasteiger partial charge < -0.3 is 5.21 Å². The summed E-state index contributed by atoms with van der Waals surface area (Å²) in [4.78, 5) is 0. The normalized spacial score (nSPS) is 15.7. The third kappa shape index (κ3) is 3.53. The van der Waals surface area contributed by atoms with Crippen molar-refractivity contribution in [3.8, 4) is 5.69 Å². The van der Waals surface area contributed by atoms with Gasteiger partial charge in [0.1, 0.15) is 5.69 Å². The van der Waals surface area contributed by atoms with E-state index in [0.29, 0.717) is 5.92 Å². The van der Waals surface area contributed by atoms with E-state index in [-0.39, 0.29) is 11.6 Å². The molecule has 2 aromatic rings. The molecule has 1 aliphatic heterocycles. The number of benzene rings is 1. The highest BCUT2D eigenvalue weighted by Gasteiger charge is 2.22. The van der Waals surface area contributed by atoms with Gasteiger partial charge in [-0.3, -0.25) is 0 Å². The van der Waals surface area contributed by atoms with E-state index in [9.17, 15) is 5.21 Å². The van der Waals surface area contributed by atoms with E-state index < -0.39 is 5.23 Å². The Morgan fingerprint density at radius 3 is 2.28 bits per heavy atom. The molecule has 25 heavy (non-hydrogen) atoms. The number of rotatable bonds is 5. The fourth-order valence-corrected chi connectivity index (χ4v) is 2.73. The van der Waals surface area contributed by atoms with E-state index in [1.165, 1.54) is 0 Å². The fourth-order valence-electron chi connectivity index (χ4n) is 2.73. The molecule has 1 aromatic heterocycles. The Morgan fingerprint density at radius 2 is 1.76 bits per heavy atom. The standard InChI is InChI=1S/C18H23N5O2/c1-11(2)15-9-16(20-19-15)17-10-18(12(3)4)22(21-17)13-5-7-14(8-6-13)23(24)25/h5-8,10-12,23-24H,9H2,1-4H3. The van der Waals surface area contributed by atoms with E-state index in [4.69, 9.17) is 10.3 Å². The first kappa shape index (κ1) is 17.5. The van der Waals surface area contributed by atoms with Crippen LogP contribution in [0.3, 0.4) is 0 Å². The number of nitrogens with one attached hydrogen (secondary N) is 1. The van der Waals surface area contributed by atoms with Gasteiger partial charge in [0, 0.05) is 30.0 Å². The number of hydrogen-bond donors (Lipinski definition) is 2. The summed E-state index contributed by atoms with van der Waals surface area (Å²) in [6, 6.07) is 8.79. The van der Waals surface area contributed by atoms with Gasteiger partial charge in [-0.25, -0.2) is 9.89 Å². The van der Waals surface area contributed by atoms with Crippen LogP contribution in [-0.4, -0.2) is 26.4 Å². The number of hydrogen-bond acceptors (Lipinski definition) is 5. The molecule has 1 aromatic carbocycles. The molecule has 2 heterocycles. The van der Waals surface area contributed by atoms with E-state index in [1.54, 1.807) is 24.3 Å². The molecule has 132 valence electrons. The summed E-state index contributed by atoms with van der Waals surface area (Å²) in [7, 11) is 0. The predicted octanol–water partition coefficient (Wildman–Crippen LogP) is 2.60. The fraction of sp³-hybridized carbons (Fsp3) is 0.389. The Labute approximate surface area is 146 Å². The van der Waals surface area contributed by atoms with Crippen LogP contribution >= 0.6 is 0 Å². The van der Waals surface area contributed by atoms with Gasteiger partial charge in [-0.15, -0.1) is 0 Å². The van der Waals surface area contributed by atoms with Crippen LogP contribution in [0, 0.1) is 11.1 Å². The summed E-state index contributed by atoms with van der Waals surface area (Å²) < 4.78 is 1.86. The van der Waals surface area contributed by atoms with Crippen molar-refractivity contribution < 1.29 is 10.4 Å². The lowest BCUT2D eigenvalue weighted by Gasteiger charge is -2.13. The second-order valence-electron chi connectivity index (χ2n) is 6.84. The second kappa shape index (κ2) is 6.87. The Balaban J connectivity index is 1.94. The molecule has 1 atom stereocenters. The zero-order chi connectivity index (χ0) is 18.1. The molecule has 7 heteroatoms. The maximum absolute atomic E-state index is 11.0. The topological polar surface area (TPSA) is 90.3 Å². The van der Waals surface area contributed by atoms with Crippen molar-refractivity contribution >= 4 is 17.1 Å². The molecule has 0 saturated heterocycles. The highest BCUT2D eigenvalue weighted by atomic mass is 16.8. The molecule has 0 fully saturated rings. The van der Waals surface area contributed by atoms with Crippen molar-refractivity contribution in [3.05, 3.63) is 46.9 Å². The van der Waals surface area contributed by atoms with Gasteiger partial charge >= 0.3 is 0 Å². The van der Waals surface area contributed by atoms with Crippen LogP contribution in [0.25, 0.3) is 5.69 Å². The van der Waals surface area contributed by atoms with Crippen molar-refractivity contribution in [1.29, 1.82) is 0 Å². The third-order valence-electron chi connectivity index (χ3n) is 4.30. The van der Waals surface area contributed by atoms with Crippen molar-refractivity contribution in [1.82, 2.24) is 9.78 Å². The molecule has 3 rings (SSSR count). The lowest BCUT2D eigenvalue weighted by atomic mass is 10.0. The number of aromatic nitrogens is 2. The van der Waals surface area contributed by atoms with Gasteiger partial charge in [0.25, 0.3) is 0 Å². The lowest BCUT2D eigenvalue weighted by molar-refractivity contribution is -0.991. The van der Waals surface area contributed by atoms with Crippen LogP contribution in [0.2, 0.25) is 0 Å². The van der Waals surface area contributed by atoms with E-state index in [0.717, 1.165) is 34.9 Å². The average Bonchev–Trinajstić information content (AvgIpc) is 3.22. The maximum Gasteiger partial charge on any atom is 0.163 e. The smallest absolute Gasteiger partial charge is 0.163 e. The van der Waals surface area contributed by atoms with Gasteiger partial charge in [0.2, 0.25) is 0 Å². The first-order valence-electron chi connectivity index (χ1n) is 8.44. The first-order chi connectivity index (χ1) is 11.9. The summed E-state index contributed by atoms with van der Waals surface area (Å²) in [6.07, 6.45) is 0.726. The Hall–Kier alpha value is -2.35. The largest absolute Gasteiger partial charge is 0.595 e. The molecule has 0 amide bonds. The summed E-state index contributed by atoms with van der Waals surface area (Å²) in [6.45, 7) is 8.43. The Kier molecular flexibility index (Phi) is 4.80. The van der Waals surface area contributed by atoms with Crippen molar-refractivity contribution in [2.24, 2.45) is 16.1 Å². The zero-order valence-corrected chi connectivity index (χ0v) is 14.9. The molecule has 0 bridgehead atoms. The predicted molar refractivity (Wildman–Crippen MR) is 96.9 cm³/mol. The molecule has 0 spiro atoms. The highest BCUT2D eigenvalue weighted by molar-refractivity contribution is 6.14. The van der Waals surface area contributed by atoms with Gasteiger partial charge in [-0.1, -0.05) is 27.7 Å². The molecule has 1 unspecified atom stereocenters. The third-order valence-corrected chi connectivity index (χ3v) is 4.30. The monoisotopic (exact) mass is 341 g/mol. The molecule has 2 N–H and O–H groups in total. The van der Waals surface area contributed by atoms with Crippen LogP contribution < -0.4 is 5.23 Å². The summed E-state index contributed by atoms with van der Waals surface area (Å²) in [5.41, 5.74) is 4.93. The second-order valence-corrected chi connectivity index (χ2v) is 6.84. The molecule has 0 aliphatic carbocycles. The molecule has 7 nitrogen and oxygen atoms in total. The molecular weight excluding hydrogens is 318 g/mol. The van der Waals surface area contributed by atoms with Crippen LogP contribution in [0.5, 0.6) is 0 Å². The summed E-state index contributed by atoms with van der Waals surface area (Å²) in [5, 5.41) is 32.4. The summed E-state index contributed by atoms with van der Waals surface area (Å²) >= 11 is 0. The van der Waals surface area contributed by atoms with Gasteiger partial charge in [-0.2, -0.15) is 20.5 Å². The van der Waals surface area contributed by atoms with E-state index in [2.05, 4.69) is 37.9 Å². The van der Waals surface area contributed by atoms with Crippen LogP contribution in [0.4, 0.5) is 5.69 Å².